The Morgan fingerprint density at radius 1 is 1.53 bits per heavy atom. The van der Waals surface area contributed by atoms with Crippen LogP contribution in [-0.2, 0) is 0 Å². The van der Waals surface area contributed by atoms with Gasteiger partial charge in [-0.1, -0.05) is 0 Å². The second-order valence-electron chi connectivity index (χ2n) is 4.04. The molecule has 0 saturated heterocycles. The zero-order chi connectivity index (χ0) is 11.6. The summed E-state index contributed by atoms with van der Waals surface area (Å²) in [6.45, 7) is 6.95. The Kier molecular flexibility index (Phi) is 3.52. The van der Waals surface area contributed by atoms with Crippen LogP contribution in [0, 0.1) is 6.92 Å². The molecular formula is C10H15ClN2O2. The van der Waals surface area contributed by atoms with E-state index in [2.05, 4.69) is 9.97 Å². The number of hydrogen-bond donors (Lipinski definition) is 1. The van der Waals surface area contributed by atoms with E-state index >= 15 is 0 Å². The van der Waals surface area contributed by atoms with Gasteiger partial charge >= 0.3 is 0 Å². The van der Waals surface area contributed by atoms with Crippen LogP contribution in [0.1, 0.15) is 26.3 Å². The molecule has 1 aromatic rings. The van der Waals surface area contributed by atoms with Gasteiger partial charge in [-0.15, -0.1) is 0 Å². The van der Waals surface area contributed by atoms with Crippen molar-refractivity contribution >= 4 is 11.6 Å². The van der Waals surface area contributed by atoms with Crippen molar-refractivity contribution in [2.75, 3.05) is 0 Å². The average molecular weight is 231 g/mol. The molecule has 0 fully saturated rings. The number of nitrogens with zero attached hydrogens (tertiary/aromatic N) is 2. The van der Waals surface area contributed by atoms with Crippen LogP contribution in [-0.4, -0.2) is 26.8 Å². The van der Waals surface area contributed by atoms with Crippen LogP contribution in [0.4, 0.5) is 0 Å². The number of hydrogen-bond acceptors (Lipinski definition) is 4. The molecule has 0 spiro atoms. The van der Waals surface area contributed by atoms with Gasteiger partial charge < -0.3 is 9.84 Å². The second-order valence-corrected chi connectivity index (χ2v) is 4.38. The molecule has 15 heavy (non-hydrogen) atoms. The summed E-state index contributed by atoms with van der Waals surface area (Å²) < 4.78 is 5.50. The summed E-state index contributed by atoms with van der Waals surface area (Å²) in [4.78, 5) is 7.77. The van der Waals surface area contributed by atoms with Crippen molar-refractivity contribution in [2.24, 2.45) is 0 Å². The molecule has 1 rings (SSSR count). The molecule has 0 aromatic carbocycles. The first-order chi connectivity index (χ1) is 6.80. The summed E-state index contributed by atoms with van der Waals surface area (Å²) in [6.07, 6.45) is 1.21. The quantitative estimate of drug-likeness (QED) is 0.807. The van der Waals surface area contributed by atoms with Crippen molar-refractivity contribution in [1.29, 1.82) is 0 Å². The van der Waals surface area contributed by atoms with E-state index in [1.54, 1.807) is 27.0 Å². The summed E-state index contributed by atoms with van der Waals surface area (Å²) >= 11 is 5.65. The molecule has 1 heterocycles. The normalized spacial score (nSPS) is 13.7. The molecule has 0 radical (unpaired) electrons. The first kappa shape index (κ1) is 12.2. The van der Waals surface area contributed by atoms with Crippen molar-refractivity contribution < 1.29 is 9.84 Å². The lowest BCUT2D eigenvalue weighted by Crippen LogP contribution is -2.38. The third-order valence-electron chi connectivity index (χ3n) is 2.18. The molecule has 0 aliphatic heterocycles. The van der Waals surface area contributed by atoms with Crippen molar-refractivity contribution in [3.05, 3.63) is 17.0 Å². The third-order valence-corrected chi connectivity index (χ3v) is 2.36. The lowest BCUT2D eigenvalue weighted by molar-refractivity contribution is -0.0263. The molecule has 0 bridgehead atoms. The zero-order valence-corrected chi connectivity index (χ0v) is 10.0. The predicted molar refractivity (Wildman–Crippen MR) is 58.2 cm³/mol. The van der Waals surface area contributed by atoms with E-state index in [4.69, 9.17) is 16.3 Å². The number of ether oxygens (including phenoxy) is 1. The van der Waals surface area contributed by atoms with E-state index in [9.17, 15) is 5.11 Å². The fraction of sp³-hybridized carbons (Fsp3) is 0.600. The van der Waals surface area contributed by atoms with Gasteiger partial charge in [0.1, 0.15) is 6.10 Å². The van der Waals surface area contributed by atoms with Gasteiger partial charge in [0.15, 0.2) is 0 Å². The van der Waals surface area contributed by atoms with Crippen molar-refractivity contribution in [3.63, 3.8) is 0 Å². The lowest BCUT2D eigenvalue weighted by Gasteiger charge is -2.26. The first-order valence-corrected chi connectivity index (χ1v) is 5.06. The van der Waals surface area contributed by atoms with Gasteiger partial charge in [-0.25, -0.2) is 4.98 Å². The molecule has 0 aliphatic carbocycles. The predicted octanol–water partition coefficient (Wildman–Crippen LogP) is 1.98. The smallest absolute Gasteiger partial charge is 0.225 e. The van der Waals surface area contributed by atoms with Crippen LogP contribution < -0.4 is 4.74 Å². The molecule has 1 atom stereocenters. The average Bonchev–Trinajstić information content (AvgIpc) is 2.09. The summed E-state index contributed by atoms with van der Waals surface area (Å²) in [5.74, 6) is 0.407. The molecule has 1 unspecified atom stereocenters. The molecule has 0 amide bonds. The van der Waals surface area contributed by atoms with Crippen molar-refractivity contribution in [2.45, 2.75) is 39.4 Å². The van der Waals surface area contributed by atoms with E-state index < -0.39 is 5.60 Å². The maximum atomic E-state index is 9.71. The summed E-state index contributed by atoms with van der Waals surface area (Å²) in [5.41, 5.74) is -0.139. The molecule has 5 heteroatoms. The number of aliphatic hydroxyl groups is 1. The highest BCUT2D eigenvalue weighted by Crippen LogP contribution is 2.20. The van der Waals surface area contributed by atoms with E-state index in [-0.39, 0.29) is 11.4 Å². The van der Waals surface area contributed by atoms with E-state index in [1.165, 1.54) is 0 Å². The Morgan fingerprint density at radius 2 is 2.13 bits per heavy atom. The van der Waals surface area contributed by atoms with Crippen LogP contribution in [0.25, 0.3) is 0 Å². The van der Waals surface area contributed by atoms with Gasteiger partial charge in [0.25, 0.3) is 0 Å². The van der Waals surface area contributed by atoms with Gasteiger partial charge in [0, 0.05) is 11.8 Å². The number of halogens is 1. The molecule has 1 aromatic heterocycles. The van der Waals surface area contributed by atoms with E-state index in [0.717, 1.165) is 5.56 Å². The Bertz CT molecular complexity index is 350. The molecular weight excluding hydrogens is 216 g/mol. The van der Waals surface area contributed by atoms with Crippen LogP contribution in [0.3, 0.4) is 0 Å². The number of rotatable bonds is 3. The summed E-state index contributed by atoms with van der Waals surface area (Å²) in [7, 11) is 0. The fourth-order valence-electron chi connectivity index (χ4n) is 0.837. The van der Waals surface area contributed by atoms with E-state index in [0.29, 0.717) is 5.88 Å². The Balaban J connectivity index is 2.85. The number of aryl methyl sites for hydroxylation is 1. The molecule has 0 aliphatic rings. The molecule has 4 nitrogen and oxygen atoms in total. The topological polar surface area (TPSA) is 55.2 Å². The third kappa shape index (κ3) is 3.32. The van der Waals surface area contributed by atoms with Crippen LogP contribution in [0.15, 0.2) is 6.20 Å². The fourth-order valence-corrected chi connectivity index (χ4v) is 0.963. The van der Waals surface area contributed by atoms with Crippen molar-refractivity contribution in [1.82, 2.24) is 9.97 Å². The summed E-state index contributed by atoms with van der Waals surface area (Å²) in [5, 5.41) is 9.84. The second kappa shape index (κ2) is 4.33. The minimum atomic E-state index is -0.927. The molecule has 84 valence electrons. The Labute approximate surface area is 94.3 Å². The first-order valence-electron chi connectivity index (χ1n) is 4.69. The van der Waals surface area contributed by atoms with Gasteiger partial charge in [-0.05, 0) is 39.3 Å². The van der Waals surface area contributed by atoms with Gasteiger partial charge in [-0.2, -0.15) is 4.98 Å². The minimum absolute atomic E-state index is 0.138. The Hall–Kier alpha value is -0.870. The highest BCUT2D eigenvalue weighted by atomic mass is 35.5. The zero-order valence-electron chi connectivity index (χ0n) is 9.28. The maximum Gasteiger partial charge on any atom is 0.225 e. The van der Waals surface area contributed by atoms with E-state index in [1.807, 2.05) is 6.92 Å². The van der Waals surface area contributed by atoms with Gasteiger partial charge in [-0.3, -0.25) is 0 Å². The van der Waals surface area contributed by atoms with Crippen LogP contribution >= 0.6 is 11.6 Å². The molecule has 1 N–H and O–H groups in total. The highest BCUT2D eigenvalue weighted by Gasteiger charge is 2.25. The number of aromatic nitrogens is 2. The molecule has 0 saturated carbocycles. The lowest BCUT2D eigenvalue weighted by atomic mass is 10.0. The van der Waals surface area contributed by atoms with Crippen molar-refractivity contribution in [3.8, 4) is 5.88 Å². The minimum Gasteiger partial charge on any atom is -0.471 e. The highest BCUT2D eigenvalue weighted by molar-refractivity contribution is 6.28. The SMILES string of the molecule is Cc1cnc(Cl)nc1OC(C)C(C)(C)O. The monoisotopic (exact) mass is 230 g/mol. The maximum absolute atomic E-state index is 9.71. The van der Waals surface area contributed by atoms with Crippen LogP contribution in [0.2, 0.25) is 5.28 Å². The van der Waals surface area contributed by atoms with Crippen LogP contribution in [0.5, 0.6) is 5.88 Å². The van der Waals surface area contributed by atoms with Gasteiger partial charge in [0.2, 0.25) is 11.2 Å². The van der Waals surface area contributed by atoms with Gasteiger partial charge in [0.05, 0.1) is 5.60 Å². The largest absolute Gasteiger partial charge is 0.471 e. The Morgan fingerprint density at radius 3 is 2.67 bits per heavy atom. The standard InChI is InChI=1S/C10H15ClN2O2/c1-6-5-12-9(11)13-8(6)15-7(2)10(3,4)14/h5,7,14H,1-4H3. The summed E-state index contributed by atoms with van der Waals surface area (Å²) in [6, 6.07) is 0.